The third-order valence-electron chi connectivity index (χ3n) is 7.28. The minimum Gasteiger partial charge on any atom is -0.290 e. The SMILES string of the molecule is O=C1C2CCCCC2C(=O)N1CN1CCN(C(c2ccccc2)c2ccccc2)CC1. The van der Waals surface area contributed by atoms with Crippen molar-refractivity contribution in [2.24, 2.45) is 11.8 Å². The molecule has 162 valence electrons. The molecule has 5 rings (SSSR count). The maximum Gasteiger partial charge on any atom is 0.234 e. The van der Waals surface area contributed by atoms with Gasteiger partial charge >= 0.3 is 0 Å². The zero-order valence-electron chi connectivity index (χ0n) is 18.0. The van der Waals surface area contributed by atoms with Crippen molar-refractivity contribution in [1.82, 2.24) is 14.7 Å². The molecule has 2 saturated heterocycles. The summed E-state index contributed by atoms with van der Waals surface area (Å²) in [5.41, 5.74) is 2.60. The van der Waals surface area contributed by atoms with Gasteiger partial charge < -0.3 is 0 Å². The van der Waals surface area contributed by atoms with Crippen molar-refractivity contribution in [3.63, 3.8) is 0 Å². The van der Waals surface area contributed by atoms with Crippen LogP contribution < -0.4 is 0 Å². The number of piperazine rings is 1. The predicted octanol–water partition coefficient (Wildman–Crippen LogP) is 3.53. The van der Waals surface area contributed by atoms with Gasteiger partial charge in [-0.3, -0.25) is 24.3 Å². The monoisotopic (exact) mass is 417 g/mol. The Kier molecular flexibility index (Phi) is 5.88. The molecule has 5 heteroatoms. The molecule has 3 fully saturated rings. The van der Waals surface area contributed by atoms with Gasteiger partial charge in [-0.1, -0.05) is 73.5 Å². The summed E-state index contributed by atoms with van der Waals surface area (Å²) in [6, 6.07) is 21.6. The van der Waals surface area contributed by atoms with Gasteiger partial charge in [0.15, 0.2) is 0 Å². The van der Waals surface area contributed by atoms with E-state index in [1.54, 1.807) is 4.90 Å². The predicted molar refractivity (Wildman–Crippen MR) is 120 cm³/mol. The summed E-state index contributed by atoms with van der Waals surface area (Å²) in [6.45, 7) is 4.01. The molecule has 31 heavy (non-hydrogen) atoms. The molecule has 0 spiro atoms. The van der Waals surface area contributed by atoms with Crippen LogP contribution in [0.5, 0.6) is 0 Å². The number of hydrogen-bond donors (Lipinski definition) is 0. The molecule has 0 N–H and O–H groups in total. The van der Waals surface area contributed by atoms with E-state index in [0.717, 1.165) is 51.9 Å². The maximum atomic E-state index is 12.8. The number of amides is 2. The maximum absolute atomic E-state index is 12.8. The van der Waals surface area contributed by atoms with Crippen molar-refractivity contribution in [3.05, 3.63) is 71.8 Å². The second kappa shape index (κ2) is 8.93. The Morgan fingerprint density at radius 3 is 1.68 bits per heavy atom. The number of rotatable bonds is 5. The number of fused-ring (bicyclic) bond motifs is 1. The number of carbonyl (C=O) groups is 2. The summed E-state index contributed by atoms with van der Waals surface area (Å²) in [6.07, 6.45) is 3.92. The molecule has 2 aliphatic heterocycles. The quantitative estimate of drug-likeness (QED) is 0.698. The summed E-state index contributed by atoms with van der Waals surface area (Å²) in [5.74, 6) is 0.0401. The van der Waals surface area contributed by atoms with Gasteiger partial charge in [0.25, 0.3) is 0 Å². The number of hydrogen-bond acceptors (Lipinski definition) is 4. The second-order valence-corrected chi connectivity index (χ2v) is 9.12. The van der Waals surface area contributed by atoms with Crippen LogP contribution in [0.1, 0.15) is 42.9 Å². The van der Waals surface area contributed by atoms with Gasteiger partial charge in [0, 0.05) is 26.2 Å². The lowest BCUT2D eigenvalue weighted by Crippen LogP contribution is -2.52. The molecule has 0 radical (unpaired) electrons. The van der Waals surface area contributed by atoms with Crippen molar-refractivity contribution in [1.29, 1.82) is 0 Å². The number of imide groups is 1. The topological polar surface area (TPSA) is 43.9 Å². The van der Waals surface area contributed by atoms with Crippen LogP contribution in [0.3, 0.4) is 0 Å². The fourth-order valence-electron chi connectivity index (χ4n) is 5.62. The van der Waals surface area contributed by atoms with E-state index in [1.807, 2.05) is 0 Å². The number of nitrogens with zero attached hydrogens (tertiary/aromatic N) is 3. The van der Waals surface area contributed by atoms with E-state index in [-0.39, 0.29) is 29.7 Å². The zero-order chi connectivity index (χ0) is 21.2. The average molecular weight is 418 g/mol. The Labute approximate surface area is 184 Å². The van der Waals surface area contributed by atoms with E-state index in [0.29, 0.717) is 6.67 Å². The number of likely N-dealkylation sites (tertiary alicyclic amines) is 1. The van der Waals surface area contributed by atoms with E-state index in [9.17, 15) is 9.59 Å². The minimum atomic E-state index is -0.0527. The van der Waals surface area contributed by atoms with E-state index < -0.39 is 0 Å². The summed E-state index contributed by atoms with van der Waals surface area (Å²) in [7, 11) is 0. The van der Waals surface area contributed by atoms with Crippen LogP contribution in [-0.2, 0) is 9.59 Å². The lowest BCUT2D eigenvalue weighted by molar-refractivity contribution is -0.142. The lowest BCUT2D eigenvalue weighted by atomic mass is 9.81. The van der Waals surface area contributed by atoms with Crippen LogP contribution in [0.25, 0.3) is 0 Å². The van der Waals surface area contributed by atoms with E-state index >= 15 is 0 Å². The molecule has 2 heterocycles. The van der Waals surface area contributed by atoms with E-state index in [4.69, 9.17) is 0 Å². The van der Waals surface area contributed by atoms with Crippen molar-refractivity contribution in [2.75, 3.05) is 32.8 Å². The van der Waals surface area contributed by atoms with Gasteiger partial charge in [-0.2, -0.15) is 0 Å². The van der Waals surface area contributed by atoms with Crippen LogP contribution in [-0.4, -0.2) is 59.4 Å². The molecule has 3 aliphatic rings. The van der Waals surface area contributed by atoms with Gasteiger partial charge in [-0.25, -0.2) is 0 Å². The van der Waals surface area contributed by atoms with Crippen LogP contribution >= 0.6 is 0 Å². The molecule has 0 aromatic heterocycles. The molecule has 2 unspecified atom stereocenters. The van der Waals surface area contributed by atoms with Crippen LogP contribution in [0, 0.1) is 11.8 Å². The van der Waals surface area contributed by atoms with Crippen molar-refractivity contribution in [2.45, 2.75) is 31.7 Å². The summed E-state index contributed by atoms with van der Waals surface area (Å²) >= 11 is 0. The molecular formula is C26H31N3O2. The molecule has 1 saturated carbocycles. The second-order valence-electron chi connectivity index (χ2n) is 9.12. The molecule has 2 amide bonds. The van der Waals surface area contributed by atoms with E-state index in [1.165, 1.54) is 11.1 Å². The summed E-state index contributed by atoms with van der Waals surface area (Å²) in [5, 5.41) is 0. The van der Waals surface area contributed by atoms with Crippen LogP contribution in [0.15, 0.2) is 60.7 Å². The first-order valence-electron chi connectivity index (χ1n) is 11.6. The fourth-order valence-corrected chi connectivity index (χ4v) is 5.62. The van der Waals surface area contributed by atoms with Gasteiger partial charge in [0.05, 0.1) is 24.5 Å². The van der Waals surface area contributed by atoms with Crippen molar-refractivity contribution >= 4 is 11.8 Å². The first-order valence-corrected chi connectivity index (χ1v) is 11.6. The number of carbonyl (C=O) groups excluding carboxylic acids is 2. The molecule has 2 atom stereocenters. The Bertz CT molecular complexity index is 845. The van der Waals surface area contributed by atoms with Crippen molar-refractivity contribution < 1.29 is 9.59 Å². The third kappa shape index (κ3) is 4.04. The van der Waals surface area contributed by atoms with Crippen LogP contribution in [0.4, 0.5) is 0 Å². The Morgan fingerprint density at radius 1 is 0.710 bits per heavy atom. The van der Waals surface area contributed by atoms with E-state index in [2.05, 4.69) is 70.5 Å². The molecule has 1 aliphatic carbocycles. The average Bonchev–Trinajstić information content (AvgIpc) is 3.07. The summed E-state index contributed by atoms with van der Waals surface area (Å²) in [4.78, 5) is 32.0. The summed E-state index contributed by atoms with van der Waals surface area (Å²) < 4.78 is 0. The van der Waals surface area contributed by atoms with Gasteiger partial charge in [0.2, 0.25) is 11.8 Å². The highest BCUT2D eigenvalue weighted by Crippen LogP contribution is 2.38. The van der Waals surface area contributed by atoms with Crippen molar-refractivity contribution in [3.8, 4) is 0 Å². The third-order valence-corrected chi connectivity index (χ3v) is 7.28. The standard InChI is InChI=1S/C26H31N3O2/c30-25-22-13-7-8-14-23(22)26(31)29(25)19-27-15-17-28(18-16-27)24(20-9-3-1-4-10-20)21-11-5-2-6-12-21/h1-6,9-12,22-24H,7-8,13-19H2. The zero-order valence-corrected chi connectivity index (χ0v) is 18.0. The lowest BCUT2D eigenvalue weighted by Gasteiger charge is -2.40. The first-order chi connectivity index (χ1) is 15.2. The Morgan fingerprint density at radius 2 is 1.19 bits per heavy atom. The highest BCUT2D eigenvalue weighted by atomic mass is 16.2. The highest BCUT2D eigenvalue weighted by molar-refractivity contribution is 6.05. The highest BCUT2D eigenvalue weighted by Gasteiger charge is 2.48. The normalized spacial score (nSPS) is 25.3. The molecule has 5 nitrogen and oxygen atoms in total. The largest absolute Gasteiger partial charge is 0.290 e. The molecular weight excluding hydrogens is 386 g/mol. The molecule has 2 aromatic carbocycles. The Balaban J connectivity index is 1.26. The van der Waals surface area contributed by atoms with Gasteiger partial charge in [-0.15, -0.1) is 0 Å². The van der Waals surface area contributed by atoms with Crippen LogP contribution in [0.2, 0.25) is 0 Å². The molecule has 0 bridgehead atoms. The minimum absolute atomic E-state index is 0.0527. The molecule has 2 aromatic rings. The first kappa shape index (κ1) is 20.4. The fraction of sp³-hybridized carbons (Fsp3) is 0.462. The van der Waals surface area contributed by atoms with Gasteiger partial charge in [-0.05, 0) is 24.0 Å². The Hall–Kier alpha value is -2.50. The number of benzene rings is 2. The smallest absolute Gasteiger partial charge is 0.234 e. The van der Waals surface area contributed by atoms with Gasteiger partial charge in [0.1, 0.15) is 0 Å².